The van der Waals surface area contributed by atoms with Gasteiger partial charge in [-0.2, -0.15) is 0 Å². The number of rotatable bonds is 1. The normalized spacial score (nSPS) is 19.9. The van der Waals surface area contributed by atoms with Crippen molar-refractivity contribution >= 4 is 12.8 Å². The number of pyridine rings is 1. The molecule has 1 fully saturated rings. The van der Waals surface area contributed by atoms with Gasteiger partial charge < -0.3 is 0 Å². The van der Waals surface area contributed by atoms with Gasteiger partial charge in [0.15, 0.2) is 0 Å². The fourth-order valence-electron chi connectivity index (χ4n) is 1.79. The van der Waals surface area contributed by atoms with Crippen molar-refractivity contribution in [2.45, 2.75) is 18.8 Å². The Kier molecular flexibility index (Phi) is 3.03. The Labute approximate surface area is 88.7 Å². The third-order valence-corrected chi connectivity index (χ3v) is 3.04. The van der Waals surface area contributed by atoms with E-state index in [9.17, 15) is 4.39 Å². The lowest BCUT2D eigenvalue weighted by Gasteiger charge is -2.27. The average Bonchev–Trinajstić information content (AvgIpc) is 2.21. The van der Waals surface area contributed by atoms with Gasteiger partial charge in [0.1, 0.15) is 5.82 Å². The zero-order valence-corrected chi connectivity index (χ0v) is 8.75. The number of nitrogens with zero attached hydrogens (tertiary/aromatic N) is 2. The molecule has 1 aliphatic heterocycles. The maximum Gasteiger partial charge on any atom is 0.141 e. The monoisotopic (exact) mass is 212 g/mol. The summed E-state index contributed by atoms with van der Waals surface area (Å²) < 4.78 is 14.6. The lowest BCUT2D eigenvalue weighted by molar-refractivity contribution is 0.345. The van der Waals surface area contributed by atoms with Gasteiger partial charge in [-0.25, -0.2) is 4.39 Å². The molecule has 0 bridgehead atoms. The predicted molar refractivity (Wildman–Crippen MR) is 56.7 cm³/mol. The first-order chi connectivity index (χ1) is 6.75. The second-order valence-corrected chi connectivity index (χ2v) is 4.19. The van der Waals surface area contributed by atoms with Crippen molar-refractivity contribution in [1.82, 2.24) is 9.29 Å². The quantitative estimate of drug-likeness (QED) is 0.719. The van der Waals surface area contributed by atoms with Crippen molar-refractivity contribution in [3.8, 4) is 0 Å². The lowest BCUT2D eigenvalue weighted by atomic mass is 9.94. The highest BCUT2D eigenvalue weighted by molar-refractivity contribution is 7.77. The van der Waals surface area contributed by atoms with Gasteiger partial charge >= 0.3 is 0 Å². The Morgan fingerprint density at radius 1 is 1.36 bits per heavy atom. The summed E-state index contributed by atoms with van der Waals surface area (Å²) in [7, 11) is 0. The van der Waals surface area contributed by atoms with E-state index in [1.165, 1.54) is 12.3 Å². The van der Waals surface area contributed by atoms with Crippen molar-refractivity contribution < 1.29 is 4.39 Å². The highest BCUT2D eigenvalue weighted by Gasteiger charge is 2.19. The molecule has 2 rings (SSSR count). The second kappa shape index (κ2) is 4.28. The number of thiol groups is 1. The van der Waals surface area contributed by atoms with E-state index in [4.69, 9.17) is 0 Å². The molecule has 1 aromatic rings. The molecule has 0 unspecified atom stereocenters. The molecule has 1 aromatic heterocycles. The first-order valence-corrected chi connectivity index (χ1v) is 5.21. The van der Waals surface area contributed by atoms with Gasteiger partial charge in [-0.15, -0.1) is 0 Å². The van der Waals surface area contributed by atoms with E-state index in [-0.39, 0.29) is 5.82 Å². The smallest absolute Gasteiger partial charge is 0.141 e. The molecule has 2 heterocycles. The highest BCUT2D eigenvalue weighted by Crippen LogP contribution is 2.26. The summed E-state index contributed by atoms with van der Waals surface area (Å²) in [6, 6.07) is 3.27. The Hall–Kier alpha value is -0.610. The van der Waals surface area contributed by atoms with Gasteiger partial charge in [0.05, 0.1) is 6.20 Å². The topological polar surface area (TPSA) is 16.1 Å². The van der Waals surface area contributed by atoms with Crippen molar-refractivity contribution in [3.63, 3.8) is 0 Å². The fraction of sp³-hybridized carbons (Fsp3) is 0.500. The van der Waals surface area contributed by atoms with Crippen LogP contribution in [0.3, 0.4) is 0 Å². The molecule has 0 aliphatic carbocycles. The summed E-state index contributed by atoms with van der Waals surface area (Å²) in [4.78, 5) is 4.11. The van der Waals surface area contributed by atoms with Crippen LogP contribution in [0.4, 0.5) is 4.39 Å². The summed E-state index contributed by atoms with van der Waals surface area (Å²) >= 11 is 4.28. The SMILES string of the molecule is Fc1ccc(C2CCN(S)CC2)nc1. The standard InChI is InChI=1S/C10H13FN2S/c11-9-1-2-10(12-7-9)8-3-5-13(14)6-4-8/h1-2,7-8,14H,3-6H2. The molecule has 14 heavy (non-hydrogen) atoms. The number of hydrogen-bond donors (Lipinski definition) is 1. The molecule has 1 saturated heterocycles. The molecule has 1 aliphatic rings. The van der Waals surface area contributed by atoms with Gasteiger partial charge in [0.2, 0.25) is 0 Å². The zero-order chi connectivity index (χ0) is 9.97. The lowest BCUT2D eigenvalue weighted by Crippen LogP contribution is -2.25. The van der Waals surface area contributed by atoms with E-state index in [1.807, 2.05) is 4.31 Å². The maximum atomic E-state index is 12.6. The van der Waals surface area contributed by atoms with E-state index < -0.39 is 0 Å². The van der Waals surface area contributed by atoms with Crippen molar-refractivity contribution in [2.24, 2.45) is 0 Å². The third-order valence-electron chi connectivity index (χ3n) is 2.64. The van der Waals surface area contributed by atoms with Gasteiger partial charge in [-0.1, -0.05) is 12.8 Å². The number of hydrogen-bond acceptors (Lipinski definition) is 3. The largest absolute Gasteiger partial charge is 0.258 e. The van der Waals surface area contributed by atoms with Crippen LogP contribution in [0.25, 0.3) is 0 Å². The van der Waals surface area contributed by atoms with Crippen molar-refractivity contribution in [3.05, 3.63) is 29.8 Å². The van der Waals surface area contributed by atoms with Crippen LogP contribution >= 0.6 is 12.8 Å². The van der Waals surface area contributed by atoms with Gasteiger partial charge in [-0.05, 0) is 25.0 Å². The molecule has 4 heteroatoms. The third kappa shape index (κ3) is 2.25. The number of aromatic nitrogens is 1. The van der Waals surface area contributed by atoms with Crippen LogP contribution in [0.5, 0.6) is 0 Å². The van der Waals surface area contributed by atoms with Gasteiger partial charge in [-0.3, -0.25) is 9.29 Å². The van der Waals surface area contributed by atoms with Gasteiger partial charge in [0.25, 0.3) is 0 Å². The Morgan fingerprint density at radius 3 is 2.64 bits per heavy atom. The van der Waals surface area contributed by atoms with Crippen LogP contribution < -0.4 is 0 Å². The Morgan fingerprint density at radius 2 is 2.07 bits per heavy atom. The Bertz CT molecular complexity index is 293. The van der Waals surface area contributed by atoms with Crippen molar-refractivity contribution in [1.29, 1.82) is 0 Å². The predicted octanol–water partition coefficient (Wildman–Crippen LogP) is 2.24. The van der Waals surface area contributed by atoms with Gasteiger partial charge in [0, 0.05) is 24.7 Å². The molecule has 0 amide bonds. The maximum absolute atomic E-state index is 12.6. The zero-order valence-electron chi connectivity index (χ0n) is 7.86. The average molecular weight is 212 g/mol. The molecule has 2 nitrogen and oxygen atoms in total. The number of piperidine rings is 1. The number of halogens is 1. The molecule has 0 atom stereocenters. The van der Waals surface area contributed by atoms with Crippen LogP contribution in [0, 0.1) is 5.82 Å². The van der Waals surface area contributed by atoms with Crippen LogP contribution in [0.1, 0.15) is 24.5 Å². The van der Waals surface area contributed by atoms with E-state index in [1.54, 1.807) is 6.07 Å². The minimum Gasteiger partial charge on any atom is -0.258 e. The summed E-state index contributed by atoms with van der Waals surface area (Å²) in [5.41, 5.74) is 1.01. The van der Waals surface area contributed by atoms with E-state index in [2.05, 4.69) is 17.8 Å². The first-order valence-electron chi connectivity index (χ1n) is 4.81. The molecular formula is C10H13FN2S. The molecule has 0 N–H and O–H groups in total. The fourth-order valence-corrected chi connectivity index (χ4v) is 2.02. The van der Waals surface area contributed by atoms with E-state index in [0.717, 1.165) is 31.6 Å². The summed E-state index contributed by atoms with van der Waals surface area (Å²) in [6.45, 7) is 1.96. The summed E-state index contributed by atoms with van der Waals surface area (Å²) in [5, 5.41) is 0. The Balaban J connectivity index is 2.05. The van der Waals surface area contributed by atoms with Crippen LogP contribution in [-0.4, -0.2) is 22.4 Å². The van der Waals surface area contributed by atoms with Crippen LogP contribution in [0.2, 0.25) is 0 Å². The molecule has 0 aromatic carbocycles. The molecular weight excluding hydrogens is 199 g/mol. The molecule has 76 valence electrons. The molecule has 0 radical (unpaired) electrons. The van der Waals surface area contributed by atoms with Crippen LogP contribution in [0.15, 0.2) is 18.3 Å². The van der Waals surface area contributed by atoms with Crippen LogP contribution in [-0.2, 0) is 0 Å². The molecule has 0 saturated carbocycles. The second-order valence-electron chi connectivity index (χ2n) is 3.63. The first kappa shape index (κ1) is 9.93. The summed E-state index contributed by atoms with van der Waals surface area (Å²) in [5.74, 6) is 0.208. The van der Waals surface area contributed by atoms with E-state index >= 15 is 0 Å². The minimum absolute atomic E-state index is 0.264. The molecule has 0 spiro atoms. The van der Waals surface area contributed by atoms with Crippen molar-refractivity contribution in [2.75, 3.05) is 13.1 Å². The highest BCUT2D eigenvalue weighted by atomic mass is 32.1. The van der Waals surface area contributed by atoms with E-state index in [0.29, 0.717) is 5.92 Å². The minimum atomic E-state index is -0.264. The summed E-state index contributed by atoms with van der Waals surface area (Å²) in [6.07, 6.45) is 3.41.